The van der Waals surface area contributed by atoms with Gasteiger partial charge in [-0.25, -0.2) is 0 Å². The standard InChI is InChI=1S/C20H37NO3/c1-7-13-21(23-8-2)14-18-15-22-20(24-18)11-9-17(10-12-20)19(5,6)16(3)4/h7,16-18H,1,8-15H2,2-6H3. The molecule has 1 unspecified atom stereocenters. The van der Waals surface area contributed by atoms with Crippen molar-refractivity contribution in [3.05, 3.63) is 12.7 Å². The molecule has 24 heavy (non-hydrogen) atoms. The van der Waals surface area contributed by atoms with Crippen LogP contribution in [0.4, 0.5) is 0 Å². The highest BCUT2D eigenvalue weighted by atomic mass is 16.7. The Balaban J connectivity index is 1.86. The van der Waals surface area contributed by atoms with Crippen molar-refractivity contribution in [2.24, 2.45) is 17.3 Å². The van der Waals surface area contributed by atoms with Gasteiger partial charge >= 0.3 is 0 Å². The Kier molecular flexibility index (Phi) is 6.89. The van der Waals surface area contributed by atoms with Gasteiger partial charge in [0, 0.05) is 19.4 Å². The van der Waals surface area contributed by atoms with Crippen LogP contribution in [0.1, 0.15) is 60.3 Å². The van der Waals surface area contributed by atoms with Crippen molar-refractivity contribution in [2.45, 2.75) is 72.2 Å². The Morgan fingerprint density at radius 3 is 2.54 bits per heavy atom. The average Bonchev–Trinajstić information content (AvgIpc) is 2.90. The Morgan fingerprint density at radius 2 is 2.00 bits per heavy atom. The molecular formula is C20H37NO3. The fraction of sp³-hybridized carbons (Fsp3) is 0.900. The number of rotatable bonds is 8. The summed E-state index contributed by atoms with van der Waals surface area (Å²) in [7, 11) is 0. The lowest BCUT2D eigenvalue weighted by molar-refractivity contribution is -0.212. The van der Waals surface area contributed by atoms with Crippen molar-refractivity contribution in [1.82, 2.24) is 5.06 Å². The van der Waals surface area contributed by atoms with E-state index in [1.807, 2.05) is 18.1 Å². The first kappa shape index (κ1) is 19.9. The topological polar surface area (TPSA) is 30.9 Å². The molecule has 0 aromatic rings. The minimum atomic E-state index is -0.347. The quantitative estimate of drug-likeness (QED) is 0.484. The first-order chi connectivity index (χ1) is 11.3. The van der Waals surface area contributed by atoms with E-state index in [1.54, 1.807) is 0 Å². The summed E-state index contributed by atoms with van der Waals surface area (Å²) in [5.41, 5.74) is 0.384. The maximum atomic E-state index is 6.36. The molecule has 1 heterocycles. The Bertz CT molecular complexity index is 400. The second kappa shape index (κ2) is 8.31. The summed E-state index contributed by atoms with van der Waals surface area (Å²) >= 11 is 0. The largest absolute Gasteiger partial charge is 0.347 e. The van der Waals surface area contributed by atoms with E-state index in [-0.39, 0.29) is 11.9 Å². The van der Waals surface area contributed by atoms with Crippen molar-refractivity contribution >= 4 is 0 Å². The van der Waals surface area contributed by atoms with Crippen LogP contribution in [0.5, 0.6) is 0 Å². The van der Waals surface area contributed by atoms with Crippen LogP contribution in [0.15, 0.2) is 12.7 Å². The molecule has 2 aliphatic rings. The zero-order valence-electron chi connectivity index (χ0n) is 16.3. The van der Waals surface area contributed by atoms with Gasteiger partial charge in [0.2, 0.25) is 0 Å². The summed E-state index contributed by atoms with van der Waals surface area (Å²) in [6.45, 7) is 18.1. The first-order valence-corrected chi connectivity index (χ1v) is 9.63. The van der Waals surface area contributed by atoms with E-state index < -0.39 is 0 Å². The van der Waals surface area contributed by atoms with Crippen molar-refractivity contribution < 1.29 is 14.3 Å². The highest BCUT2D eigenvalue weighted by molar-refractivity contribution is 4.91. The van der Waals surface area contributed by atoms with Crippen LogP contribution in [-0.4, -0.2) is 43.3 Å². The second-order valence-electron chi connectivity index (χ2n) is 8.27. The number of hydrogen-bond donors (Lipinski definition) is 0. The highest BCUT2D eigenvalue weighted by Gasteiger charge is 2.47. The molecule has 0 bridgehead atoms. The van der Waals surface area contributed by atoms with Gasteiger partial charge < -0.3 is 9.47 Å². The van der Waals surface area contributed by atoms with Crippen LogP contribution in [-0.2, 0) is 14.3 Å². The summed E-state index contributed by atoms with van der Waals surface area (Å²) in [4.78, 5) is 5.63. The predicted octanol–water partition coefficient (Wildman–Crippen LogP) is 4.41. The van der Waals surface area contributed by atoms with Gasteiger partial charge in [0.1, 0.15) is 0 Å². The van der Waals surface area contributed by atoms with Gasteiger partial charge in [-0.15, -0.1) is 6.58 Å². The van der Waals surface area contributed by atoms with Crippen LogP contribution in [0.2, 0.25) is 0 Å². The fourth-order valence-electron chi connectivity index (χ4n) is 3.98. The third-order valence-electron chi connectivity index (χ3n) is 6.25. The van der Waals surface area contributed by atoms with E-state index in [0.717, 1.165) is 25.3 Å². The zero-order valence-corrected chi connectivity index (χ0v) is 16.3. The molecule has 1 aliphatic heterocycles. The first-order valence-electron chi connectivity index (χ1n) is 9.63. The van der Waals surface area contributed by atoms with Gasteiger partial charge in [-0.05, 0) is 37.0 Å². The molecule has 4 nitrogen and oxygen atoms in total. The van der Waals surface area contributed by atoms with E-state index in [9.17, 15) is 0 Å². The van der Waals surface area contributed by atoms with Crippen LogP contribution in [0.25, 0.3) is 0 Å². The van der Waals surface area contributed by atoms with E-state index >= 15 is 0 Å². The molecule has 0 amide bonds. The van der Waals surface area contributed by atoms with Crippen LogP contribution in [0.3, 0.4) is 0 Å². The third kappa shape index (κ3) is 4.60. The molecule has 0 aromatic carbocycles. The lowest BCUT2D eigenvalue weighted by atomic mass is 9.64. The third-order valence-corrected chi connectivity index (χ3v) is 6.25. The number of nitrogens with zero attached hydrogens (tertiary/aromatic N) is 1. The summed E-state index contributed by atoms with van der Waals surface area (Å²) in [5.74, 6) is 1.11. The van der Waals surface area contributed by atoms with Crippen molar-refractivity contribution in [3.8, 4) is 0 Å². The summed E-state index contributed by atoms with van der Waals surface area (Å²) in [6, 6.07) is 0. The van der Waals surface area contributed by atoms with E-state index in [0.29, 0.717) is 31.1 Å². The molecule has 2 rings (SSSR count). The molecule has 1 atom stereocenters. The molecule has 1 saturated carbocycles. The molecule has 1 saturated heterocycles. The molecular weight excluding hydrogens is 302 g/mol. The SMILES string of the molecule is C=CCN(CC1COC2(CCC(C(C)(C)C(C)C)CC2)O1)OCC. The Hall–Kier alpha value is -0.420. The maximum absolute atomic E-state index is 6.36. The minimum absolute atomic E-state index is 0.0890. The van der Waals surface area contributed by atoms with Gasteiger partial charge in [0.15, 0.2) is 5.79 Å². The van der Waals surface area contributed by atoms with Crippen molar-refractivity contribution in [2.75, 3.05) is 26.3 Å². The smallest absolute Gasteiger partial charge is 0.168 e. The van der Waals surface area contributed by atoms with Gasteiger partial charge in [0.25, 0.3) is 0 Å². The van der Waals surface area contributed by atoms with Crippen molar-refractivity contribution in [3.63, 3.8) is 0 Å². The number of hydrogen-bond acceptors (Lipinski definition) is 4. The fourth-order valence-corrected chi connectivity index (χ4v) is 3.98. The van der Waals surface area contributed by atoms with Gasteiger partial charge in [-0.3, -0.25) is 4.84 Å². The van der Waals surface area contributed by atoms with Crippen LogP contribution in [0, 0.1) is 17.3 Å². The molecule has 2 fully saturated rings. The van der Waals surface area contributed by atoms with E-state index in [2.05, 4.69) is 34.3 Å². The highest BCUT2D eigenvalue weighted by Crippen LogP contribution is 2.48. The predicted molar refractivity (Wildman–Crippen MR) is 97.5 cm³/mol. The van der Waals surface area contributed by atoms with Crippen LogP contribution < -0.4 is 0 Å². The molecule has 0 aromatic heterocycles. The molecule has 4 heteroatoms. The summed E-state index contributed by atoms with van der Waals surface area (Å²) in [5, 5.41) is 1.92. The van der Waals surface area contributed by atoms with Gasteiger partial charge in [0.05, 0.1) is 25.9 Å². The minimum Gasteiger partial charge on any atom is -0.347 e. The maximum Gasteiger partial charge on any atom is 0.168 e. The lowest BCUT2D eigenvalue weighted by Crippen LogP contribution is -2.42. The number of hydroxylamine groups is 2. The monoisotopic (exact) mass is 339 g/mol. The Morgan fingerprint density at radius 1 is 1.33 bits per heavy atom. The lowest BCUT2D eigenvalue weighted by Gasteiger charge is -2.44. The summed E-state index contributed by atoms with van der Waals surface area (Å²) < 4.78 is 12.5. The van der Waals surface area contributed by atoms with Crippen molar-refractivity contribution in [1.29, 1.82) is 0 Å². The van der Waals surface area contributed by atoms with Gasteiger partial charge in [-0.2, -0.15) is 5.06 Å². The summed E-state index contributed by atoms with van der Waals surface area (Å²) in [6.07, 6.45) is 6.37. The molecule has 0 radical (unpaired) electrons. The van der Waals surface area contributed by atoms with E-state index in [1.165, 1.54) is 12.8 Å². The number of ether oxygens (including phenoxy) is 2. The average molecular weight is 340 g/mol. The molecule has 1 spiro atoms. The zero-order chi connectivity index (χ0) is 17.8. The second-order valence-corrected chi connectivity index (χ2v) is 8.27. The Labute approximate surface area is 148 Å². The molecule has 1 aliphatic carbocycles. The normalized spacial score (nSPS) is 31.3. The van der Waals surface area contributed by atoms with Crippen LogP contribution >= 0.6 is 0 Å². The molecule has 0 N–H and O–H groups in total. The van der Waals surface area contributed by atoms with Gasteiger partial charge in [-0.1, -0.05) is 33.8 Å². The molecule has 140 valence electrons. The van der Waals surface area contributed by atoms with E-state index in [4.69, 9.17) is 14.3 Å².